The van der Waals surface area contributed by atoms with Crippen molar-refractivity contribution in [2.45, 2.75) is 160 Å². The maximum atomic E-state index is 14.5. The third kappa shape index (κ3) is 12.1. The van der Waals surface area contributed by atoms with Crippen LogP contribution >= 0.6 is 0 Å². The smallest absolute Gasteiger partial charge is 0.329 e. The molecule has 2 saturated heterocycles. The topological polar surface area (TPSA) is 164 Å². The van der Waals surface area contributed by atoms with E-state index in [1.54, 1.807) is 27.2 Å². The first-order valence-electron chi connectivity index (χ1n) is 22.6. The maximum absolute atomic E-state index is 14.5. The molecule has 5 rings (SSSR count). The van der Waals surface area contributed by atoms with Crippen molar-refractivity contribution in [1.29, 1.82) is 0 Å². The fourth-order valence-electron chi connectivity index (χ4n) is 10.0. The van der Waals surface area contributed by atoms with E-state index in [1.807, 2.05) is 57.2 Å². The van der Waals surface area contributed by atoms with Gasteiger partial charge in [-0.2, -0.15) is 0 Å². The molecule has 13 atom stereocenters. The number of fused-ring (bicyclic) bond motifs is 3. The second-order valence-corrected chi connectivity index (χ2v) is 18.4. The van der Waals surface area contributed by atoms with Crippen LogP contribution in [0, 0.1) is 29.6 Å². The van der Waals surface area contributed by atoms with E-state index >= 15 is 0 Å². The molecule has 1 aliphatic carbocycles. The van der Waals surface area contributed by atoms with Crippen LogP contribution in [0.1, 0.15) is 112 Å². The van der Waals surface area contributed by atoms with E-state index in [0.29, 0.717) is 51.4 Å². The number of aliphatic hydroxyl groups is 1. The van der Waals surface area contributed by atoms with E-state index < -0.39 is 59.8 Å². The molecule has 1 amide bonds. The molecule has 3 aliphatic heterocycles. The molecule has 0 spiro atoms. The number of cyclic esters (lactones) is 1. The highest BCUT2D eigenvalue weighted by molar-refractivity contribution is 6.39. The van der Waals surface area contributed by atoms with Gasteiger partial charge >= 0.3 is 5.97 Å². The number of nitrogens with two attached hydrogens (primary N) is 1. The number of rotatable bonds is 8. The Morgan fingerprint density at radius 1 is 0.967 bits per heavy atom. The average molecular weight is 849 g/mol. The van der Waals surface area contributed by atoms with Crippen molar-refractivity contribution in [2.24, 2.45) is 35.3 Å². The second kappa shape index (κ2) is 22.1. The van der Waals surface area contributed by atoms with Crippen molar-refractivity contribution in [3.63, 3.8) is 0 Å². The van der Waals surface area contributed by atoms with Gasteiger partial charge in [-0.3, -0.25) is 14.4 Å². The van der Waals surface area contributed by atoms with E-state index in [9.17, 15) is 24.3 Å². The average Bonchev–Trinajstić information content (AvgIpc) is 3.24. The molecule has 61 heavy (non-hydrogen) atoms. The molecule has 0 aromatic heterocycles. The number of allylic oxidation sites excluding steroid dienone is 4. The number of carbonyl (C=O) groups is 4. The second-order valence-electron chi connectivity index (χ2n) is 18.4. The number of esters is 1. The summed E-state index contributed by atoms with van der Waals surface area (Å²) in [6, 6.07) is 8.46. The number of piperidine rings is 1. The van der Waals surface area contributed by atoms with Crippen molar-refractivity contribution in [3.05, 3.63) is 66.3 Å². The molecule has 3 fully saturated rings. The van der Waals surface area contributed by atoms with Gasteiger partial charge in [-0.25, -0.2) is 4.79 Å². The lowest BCUT2D eigenvalue weighted by Gasteiger charge is -2.47. The van der Waals surface area contributed by atoms with Gasteiger partial charge in [0.1, 0.15) is 35.9 Å². The van der Waals surface area contributed by atoms with Crippen LogP contribution in [0.3, 0.4) is 0 Å². The van der Waals surface area contributed by atoms with Crippen molar-refractivity contribution in [3.8, 4) is 5.75 Å². The molecule has 3 heterocycles. The molecule has 3 N–H and O–H groups in total. The molecule has 13 unspecified atom stereocenters. The van der Waals surface area contributed by atoms with Gasteiger partial charge in [0.2, 0.25) is 5.79 Å². The SMILES string of the molecule is C=CCC1/C=C(\C)CC(C)CC(OC)C2OC(O)(C(=O)C(=O)N3CCCCC3C(=O)OC(C(C)=CC3CCC(N)C(Oc4ccccc4)C3)C(C)CCC1=O)C(C)CC2OC. The number of nitrogens with zero attached hydrogens (tertiary/aromatic N) is 1. The summed E-state index contributed by atoms with van der Waals surface area (Å²) in [5.41, 5.74) is 8.44. The Labute approximate surface area is 363 Å². The summed E-state index contributed by atoms with van der Waals surface area (Å²) in [5.74, 6) is -5.63. The Morgan fingerprint density at radius 3 is 2.36 bits per heavy atom. The first kappa shape index (κ1) is 48.4. The van der Waals surface area contributed by atoms with Gasteiger partial charge in [0, 0.05) is 45.1 Å². The van der Waals surface area contributed by atoms with Crippen LogP contribution in [0.2, 0.25) is 0 Å². The number of hydrogen-bond acceptors (Lipinski definition) is 11. The standard InChI is InChI=1S/C49H72N2O10/c1-9-15-36-25-30(2)24-31(3)26-42(57-7)45-43(58-8)28-34(6)49(56,61-45)46(53)47(54)51-23-14-13-18-39(51)48(55)60-44(32(4)19-22-40(36)52)33(5)27-35-20-21-38(50)41(29-35)59-37-16-11-10-12-17-37/h9-12,16-17,25,27,31-32,34-36,38-39,41-45,56H,1,13-15,18-24,26,28-29,50H2,2-8H3/b30-25+,33-27?. The summed E-state index contributed by atoms with van der Waals surface area (Å²) in [7, 11) is 3.10. The van der Waals surface area contributed by atoms with E-state index in [2.05, 4.69) is 19.6 Å². The zero-order valence-electron chi connectivity index (χ0n) is 37.6. The Morgan fingerprint density at radius 2 is 1.67 bits per heavy atom. The van der Waals surface area contributed by atoms with Crippen molar-refractivity contribution in [1.82, 2.24) is 4.90 Å². The fraction of sp³-hybridized carbons (Fsp3) is 0.673. The number of methoxy groups -OCH3 is 2. The number of Topliss-reactive ketones (excluding diaryl/α,β-unsaturated/α-hetero) is 2. The van der Waals surface area contributed by atoms with Gasteiger partial charge in [-0.1, -0.05) is 62.8 Å². The Hall–Kier alpha value is -3.68. The molecular formula is C49H72N2O10. The summed E-state index contributed by atoms with van der Waals surface area (Å²) in [6.45, 7) is 13.8. The highest BCUT2D eigenvalue weighted by Gasteiger charge is 2.56. The molecule has 4 aliphatic rings. The predicted molar refractivity (Wildman–Crippen MR) is 233 cm³/mol. The molecule has 1 aromatic carbocycles. The minimum atomic E-state index is -2.48. The zero-order chi connectivity index (χ0) is 44.4. The summed E-state index contributed by atoms with van der Waals surface area (Å²) < 4.78 is 30.9. The van der Waals surface area contributed by atoms with Gasteiger partial charge in [-0.05, 0) is 120 Å². The lowest BCUT2D eigenvalue weighted by atomic mass is 9.81. The summed E-state index contributed by atoms with van der Waals surface area (Å²) >= 11 is 0. The summed E-state index contributed by atoms with van der Waals surface area (Å²) in [5, 5.41) is 12.1. The molecular weight excluding hydrogens is 777 g/mol. The van der Waals surface area contributed by atoms with Gasteiger partial charge in [-0.15, -0.1) is 6.58 Å². The molecule has 1 saturated carbocycles. The highest BCUT2D eigenvalue weighted by atomic mass is 16.7. The third-order valence-electron chi connectivity index (χ3n) is 13.6. The van der Waals surface area contributed by atoms with Crippen LogP contribution in [0.25, 0.3) is 0 Å². The minimum Gasteiger partial charge on any atom is -0.489 e. The number of hydrogen-bond donors (Lipinski definition) is 2. The van der Waals surface area contributed by atoms with Crippen molar-refractivity contribution < 1.29 is 48.0 Å². The van der Waals surface area contributed by atoms with E-state index in [4.69, 9.17) is 29.4 Å². The maximum Gasteiger partial charge on any atom is 0.329 e. The number of benzene rings is 1. The molecule has 338 valence electrons. The molecule has 12 nitrogen and oxygen atoms in total. The normalized spacial score (nSPS) is 37.7. The van der Waals surface area contributed by atoms with Crippen LogP contribution in [0.5, 0.6) is 5.75 Å². The van der Waals surface area contributed by atoms with Crippen LogP contribution in [0.15, 0.2) is 66.3 Å². The van der Waals surface area contributed by atoms with Gasteiger partial charge in [0.05, 0.1) is 12.2 Å². The van der Waals surface area contributed by atoms with E-state index in [1.165, 1.54) is 4.90 Å². The van der Waals surface area contributed by atoms with Crippen LogP contribution in [-0.2, 0) is 38.1 Å². The Balaban J connectivity index is 1.49. The first-order chi connectivity index (χ1) is 29.1. The first-order valence-corrected chi connectivity index (χ1v) is 22.6. The molecule has 12 heteroatoms. The number of carbonyl (C=O) groups excluding carboxylic acids is 4. The Bertz CT molecular complexity index is 1730. The van der Waals surface area contributed by atoms with Crippen molar-refractivity contribution in [2.75, 3.05) is 20.8 Å². The minimum absolute atomic E-state index is 0.0635. The third-order valence-corrected chi connectivity index (χ3v) is 13.6. The molecule has 0 radical (unpaired) electrons. The number of ether oxygens (including phenoxy) is 5. The zero-order valence-corrected chi connectivity index (χ0v) is 37.6. The largest absolute Gasteiger partial charge is 0.489 e. The number of amides is 1. The highest BCUT2D eigenvalue weighted by Crippen LogP contribution is 2.39. The summed E-state index contributed by atoms with van der Waals surface area (Å²) in [4.78, 5) is 58.3. The fourth-order valence-corrected chi connectivity index (χ4v) is 10.0. The number of para-hydroxylation sites is 1. The summed E-state index contributed by atoms with van der Waals surface area (Å²) in [6.07, 6.45) is 9.48. The van der Waals surface area contributed by atoms with Crippen LogP contribution < -0.4 is 10.5 Å². The number of ketones is 2. The van der Waals surface area contributed by atoms with E-state index in [0.717, 1.165) is 29.7 Å². The van der Waals surface area contributed by atoms with Crippen molar-refractivity contribution >= 4 is 23.4 Å². The predicted octanol–water partition coefficient (Wildman–Crippen LogP) is 7.07. The monoisotopic (exact) mass is 849 g/mol. The van der Waals surface area contributed by atoms with Gasteiger partial charge in [0.25, 0.3) is 11.7 Å². The van der Waals surface area contributed by atoms with Crippen LogP contribution in [-0.4, -0.2) is 103 Å². The van der Waals surface area contributed by atoms with Gasteiger partial charge < -0.3 is 39.4 Å². The lowest BCUT2D eigenvalue weighted by Crippen LogP contribution is -2.64. The molecule has 2 bridgehead atoms. The molecule has 1 aromatic rings. The lowest BCUT2D eigenvalue weighted by molar-refractivity contribution is -0.302. The Kier molecular flexibility index (Phi) is 17.5. The van der Waals surface area contributed by atoms with Gasteiger partial charge in [0.15, 0.2) is 0 Å². The quantitative estimate of drug-likeness (QED) is 0.156. The van der Waals surface area contributed by atoms with E-state index in [-0.39, 0.29) is 61.0 Å². The van der Waals surface area contributed by atoms with Crippen LogP contribution in [0.4, 0.5) is 0 Å².